The van der Waals surface area contributed by atoms with Crippen molar-refractivity contribution >= 4 is 12.6 Å². The SMILES string of the molecule is Fc1ccc(S)c(COC[C@@H]2CCCO2)c1. The normalized spacial score (nSPS) is 20.2. The average molecular weight is 242 g/mol. The Morgan fingerprint density at radius 1 is 1.50 bits per heavy atom. The highest BCUT2D eigenvalue weighted by atomic mass is 32.1. The number of ether oxygens (including phenoxy) is 2. The molecule has 1 atom stereocenters. The predicted octanol–water partition coefficient (Wildman–Crippen LogP) is 2.81. The van der Waals surface area contributed by atoms with Crippen LogP contribution < -0.4 is 0 Å². The lowest BCUT2D eigenvalue weighted by Gasteiger charge is -2.11. The van der Waals surface area contributed by atoms with Gasteiger partial charge in [-0.2, -0.15) is 0 Å². The van der Waals surface area contributed by atoms with E-state index in [4.69, 9.17) is 9.47 Å². The van der Waals surface area contributed by atoms with Crippen molar-refractivity contribution in [2.45, 2.75) is 30.4 Å². The lowest BCUT2D eigenvalue weighted by molar-refractivity contribution is 0.00997. The smallest absolute Gasteiger partial charge is 0.123 e. The van der Waals surface area contributed by atoms with Crippen LogP contribution in [0.5, 0.6) is 0 Å². The third-order valence-corrected chi connectivity index (χ3v) is 3.06. The molecule has 0 unspecified atom stereocenters. The number of hydrogen-bond donors (Lipinski definition) is 1. The summed E-state index contributed by atoms with van der Waals surface area (Å²) in [5.41, 5.74) is 0.779. The molecule has 0 radical (unpaired) electrons. The van der Waals surface area contributed by atoms with Crippen LogP contribution in [0.3, 0.4) is 0 Å². The van der Waals surface area contributed by atoms with E-state index in [1.807, 2.05) is 0 Å². The molecule has 1 aromatic carbocycles. The molecule has 1 aromatic rings. The van der Waals surface area contributed by atoms with Gasteiger partial charge in [0.05, 0.1) is 19.3 Å². The van der Waals surface area contributed by atoms with Crippen molar-refractivity contribution in [3.63, 3.8) is 0 Å². The van der Waals surface area contributed by atoms with E-state index in [1.54, 1.807) is 6.07 Å². The van der Waals surface area contributed by atoms with Crippen LogP contribution in [0.15, 0.2) is 23.1 Å². The molecule has 16 heavy (non-hydrogen) atoms. The van der Waals surface area contributed by atoms with Gasteiger partial charge in [-0.15, -0.1) is 12.6 Å². The lowest BCUT2D eigenvalue weighted by atomic mass is 10.2. The molecule has 0 bridgehead atoms. The van der Waals surface area contributed by atoms with Crippen molar-refractivity contribution in [2.75, 3.05) is 13.2 Å². The van der Waals surface area contributed by atoms with Crippen molar-refractivity contribution in [3.05, 3.63) is 29.6 Å². The third-order valence-electron chi connectivity index (χ3n) is 2.63. The fraction of sp³-hybridized carbons (Fsp3) is 0.500. The van der Waals surface area contributed by atoms with Gasteiger partial charge in [-0.05, 0) is 36.6 Å². The molecule has 1 aliphatic rings. The summed E-state index contributed by atoms with van der Waals surface area (Å²) < 4.78 is 23.9. The summed E-state index contributed by atoms with van der Waals surface area (Å²) in [5.74, 6) is -0.256. The maximum absolute atomic E-state index is 13.0. The molecule has 0 spiro atoms. The van der Waals surface area contributed by atoms with Crippen LogP contribution in [0.2, 0.25) is 0 Å². The van der Waals surface area contributed by atoms with Gasteiger partial charge in [0.15, 0.2) is 0 Å². The molecule has 88 valence electrons. The number of benzene rings is 1. The van der Waals surface area contributed by atoms with Gasteiger partial charge >= 0.3 is 0 Å². The first kappa shape index (κ1) is 11.9. The molecular formula is C12H15FO2S. The topological polar surface area (TPSA) is 18.5 Å². The highest BCUT2D eigenvalue weighted by Crippen LogP contribution is 2.17. The molecule has 2 rings (SSSR count). The van der Waals surface area contributed by atoms with Crippen LogP contribution in [-0.2, 0) is 16.1 Å². The van der Waals surface area contributed by atoms with E-state index < -0.39 is 0 Å². The molecule has 0 amide bonds. The molecule has 0 N–H and O–H groups in total. The van der Waals surface area contributed by atoms with Gasteiger partial charge in [0.1, 0.15) is 5.82 Å². The summed E-state index contributed by atoms with van der Waals surface area (Å²) in [6.45, 7) is 1.78. The summed E-state index contributed by atoms with van der Waals surface area (Å²) in [4.78, 5) is 0.758. The largest absolute Gasteiger partial charge is 0.376 e. The molecular weight excluding hydrogens is 227 g/mol. The summed E-state index contributed by atoms with van der Waals surface area (Å²) in [7, 11) is 0. The minimum Gasteiger partial charge on any atom is -0.376 e. The minimum absolute atomic E-state index is 0.205. The number of hydrogen-bond acceptors (Lipinski definition) is 3. The molecule has 4 heteroatoms. The molecule has 0 aliphatic carbocycles. The van der Waals surface area contributed by atoms with Gasteiger partial charge in [-0.1, -0.05) is 0 Å². The summed E-state index contributed by atoms with van der Waals surface area (Å²) >= 11 is 4.25. The van der Waals surface area contributed by atoms with Crippen molar-refractivity contribution in [1.29, 1.82) is 0 Å². The van der Waals surface area contributed by atoms with Gasteiger partial charge in [-0.25, -0.2) is 4.39 Å². The Labute approximate surface area is 100 Å². The monoisotopic (exact) mass is 242 g/mol. The van der Waals surface area contributed by atoms with E-state index in [0.717, 1.165) is 29.9 Å². The molecule has 1 heterocycles. The Balaban J connectivity index is 1.82. The van der Waals surface area contributed by atoms with Crippen LogP contribution >= 0.6 is 12.6 Å². The van der Waals surface area contributed by atoms with Crippen molar-refractivity contribution in [2.24, 2.45) is 0 Å². The van der Waals surface area contributed by atoms with Gasteiger partial charge in [0, 0.05) is 11.5 Å². The van der Waals surface area contributed by atoms with E-state index >= 15 is 0 Å². The fourth-order valence-electron chi connectivity index (χ4n) is 1.75. The molecule has 0 aromatic heterocycles. The molecule has 1 saturated heterocycles. The van der Waals surface area contributed by atoms with Crippen LogP contribution in [0, 0.1) is 5.82 Å². The Morgan fingerprint density at radius 3 is 3.12 bits per heavy atom. The van der Waals surface area contributed by atoms with Gasteiger partial charge in [0.2, 0.25) is 0 Å². The third kappa shape index (κ3) is 3.20. The lowest BCUT2D eigenvalue weighted by Crippen LogP contribution is -2.13. The summed E-state index contributed by atoms with van der Waals surface area (Å²) in [5, 5.41) is 0. The van der Waals surface area contributed by atoms with Crippen LogP contribution in [0.1, 0.15) is 18.4 Å². The first-order chi connectivity index (χ1) is 7.75. The quantitative estimate of drug-likeness (QED) is 0.818. The predicted molar refractivity (Wildman–Crippen MR) is 62.3 cm³/mol. The van der Waals surface area contributed by atoms with Crippen molar-refractivity contribution in [3.8, 4) is 0 Å². The first-order valence-electron chi connectivity index (χ1n) is 5.42. The van der Waals surface area contributed by atoms with E-state index in [0.29, 0.717) is 13.2 Å². The molecule has 2 nitrogen and oxygen atoms in total. The molecule has 1 fully saturated rings. The zero-order chi connectivity index (χ0) is 11.4. The number of halogens is 1. The van der Waals surface area contributed by atoms with E-state index in [1.165, 1.54) is 12.1 Å². The zero-order valence-electron chi connectivity index (χ0n) is 8.99. The average Bonchev–Trinajstić information content (AvgIpc) is 2.76. The first-order valence-corrected chi connectivity index (χ1v) is 5.87. The maximum Gasteiger partial charge on any atom is 0.123 e. The van der Waals surface area contributed by atoms with Crippen LogP contribution in [-0.4, -0.2) is 19.3 Å². The number of rotatable bonds is 4. The van der Waals surface area contributed by atoms with E-state index in [2.05, 4.69) is 12.6 Å². The Morgan fingerprint density at radius 2 is 2.38 bits per heavy atom. The zero-order valence-corrected chi connectivity index (χ0v) is 9.88. The second-order valence-electron chi connectivity index (χ2n) is 3.92. The minimum atomic E-state index is -0.256. The second-order valence-corrected chi connectivity index (χ2v) is 4.40. The fourth-order valence-corrected chi connectivity index (χ4v) is 1.95. The summed E-state index contributed by atoms with van der Waals surface area (Å²) in [6.07, 6.45) is 2.36. The number of thiol groups is 1. The highest BCUT2D eigenvalue weighted by molar-refractivity contribution is 7.80. The Hall–Kier alpha value is -0.580. The van der Waals surface area contributed by atoms with Crippen LogP contribution in [0.4, 0.5) is 4.39 Å². The van der Waals surface area contributed by atoms with Crippen molar-refractivity contribution < 1.29 is 13.9 Å². The van der Waals surface area contributed by atoms with Gasteiger partial charge in [0.25, 0.3) is 0 Å². The van der Waals surface area contributed by atoms with E-state index in [-0.39, 0.29) is 11.9 Å². The van der Waals surface area contributed by atoms with Gasteiger partial charge in [-0.3, -0.25) is 0 Å². The summed E-state index contributed by atoms with van der Waals surface area (Å²) in [6, 6.07) is 4.49. The standard InChI is InChI=1S/C12H15FO2S/c13-10-3-4-12(16)9(6-10)7-14-8-11-2-1-5-15-11/h3-4,6,11,16H,1-2,5,7-8H2/t11-/m0/s1. The van der Waals surface area contributed by atoms with Crippen LogP contribution in [0.25, 0.3) is 0 Å². The van der Waals surface area contributed by atoms with Crippen molar-refractivity contribution in [1.82, 2.24) is 0 Å². The maximum atomic E-state index is 13.0. The molecule has 0 saturated carbocycles. The second kappa shape index (κ2) is 5.66. The molecule has 1 aliphatic heterocycles. The highest BCUT2D eigenvalue weighted by Gasteiger charge is 2.15. The van der Waals surface area contributed by atoms with Gasteiger partial charge < -0.3 is 9.47 Å². The Bertz CT molecular complexity index is 351. The van der Waals surface area contributed by atoms with E-state index in [9.17, 15) is 4.39 Å². The Kier molecular flexibility index (Phi) is 4.21.